The zero-order valence-electron chi connectivity index (χ0n) is 20.4. The normalized spacial score (nSPS) is 12.6. The van der Waals surface area contributed by atoms with E-state index < -0.39 is 46.1 Å². The van der Waals surface area contributed by atoms with Crippen molar-refractivity contribution in [3.63, 3.8) is 0 Å². The number of benzene rings is 1. The molecule has 15 heteroatoms. The average Bonchev–Trinajstić information content (AvgIpc) is 2.87. The van der Waals surface area contributed by atoms with Crippen molar-refractivity contribution in [1.82, 2.24) is 15.0 Å². The smallest absolute Gasteiger partial charge is 0.394 e. The highest BCUT2D eigenvalue weighted by atomic mass is 32.2. The van der Waals surface area contributed by atoms with Crippen LogP contribution in [-0.2, 0) is 22.7 Å². The molecule has 2 heterocycles. The number of aliphatic hydroxyl groups excluding tert-OH is 1. The van der Waals surface area contributed by atoms with Gasteiger partial charge in [0.05, 0.1) is 18.4 Å². The molecule has 0 saturated heterocycles. The molecule has 3 aromatic rings. The Kier molecular flexibility index (Phi) is 8.73. The first-order valence-electron chi connectivity index (χ1n) is 11.3. The number of nitrogens with zero attached hydrogens (tertiary/aromatic N) is 4. The number of hydrogen-bond donors (Lipinski definition) is 4. The molecule has 0 radical (unpaired) electrons. The highest BCUT2D eigenvalue weighted by Gasteiger charge is 2.36. The first-order chi connectivity index (χ1) is 17.9. The number of anilines is 4. The quantitative estimate of drug-likeness (QED) is 0.280. The van der Waals surface area contributed by atoms with Crippen LogP contribution in [0.1, 0.15) is 35.3 Å². The molecule has 0 aliphatic carbocycles. The van der Waals surface area contributed by atoms with E-state index in [0.29, 0.717) is 11.9 Å². The Morgan fingerprint density at radius 3 is 2.55 bits per heavy atom. The minimum atomic E-state index is -4.82. The van der Waals surface area contributed by atoms with Crippen LogP contribution < -0.4 is 20.7 Å². The van der Waals surface area contributed by atoms with Crippen LogP contribution in [0.25, 0.3) is 0 Å². The highest BCUT2D eigenvalue weighted by Crippen LogP contribution is 2.36. The molecule has 204 valence electrons. The summed E-state index contributed by atoms with van der Waals surface area (Å²) in [6.45, 7) is 2.35. The lowest BCUT2D eigenvalue weighted by Crippen LogP contribution is -2.33. The fourth-order valence-electron chi connectivity index (χ4n) is 3.36. The largest absolute Gasteiger partial charge is 0.421 e. The predicted molar refractivity (Wildman–Crippen MR) is 135 cm³/mol. The van der Waals surface area contributed by atoms with E-state index in [9.17, 15) is 31.5 Å². The molecule has 0 fully saturated rings. The Balaban J connectivity index is 2.04. The minimum Gasteiger partial charge on any atom is -0.394 e. The van der Waals surface area contributed by atoms with Crippen molar-refractivity contribution in [2.45, 2.75) is 32.6 Å². The summed E-state index contributed by atoms with van der Waals surface area (Å²) in [7, 11) is -3.69. The molecule has 3 rings (SSSR count). The van der Waals surface area contributed by atoms with Gasteiger partial charge in [-0.3, -0.25) is 9.52 Å². The van der Waals surface area contributed by atoms with E-state index in [-0.39, 0.29) is 35.2 Å². The lowest BCUT2D eigenvalue weighted by Gasteiger charge is -2.29. The third-order valence-corrected chi connectivity index (χ3v) is 6.64. The molecule has 5 N–H and O–H groups in total. The number of carbonyl (C=O) groups is 1. The van der Waals surface area contributed by atoms with Crippen LogP contribution in [0.4, 0.5) is 36.4 Å². The molecule has 1 atom stereocenters. The van der Waals surface area contributed by atoms with Gasteiger partial charge in [-0.15, -0.1) is 0 Å². The monoisotopic (exact) mass is 553 g/mol. The number of aliphatic hydroxyl groups is 1. The van der Waals surface area contributed by atoms with Crippen molar-refractivity contribution in [3.05, 3.63) is 65.5 Å². The van der Waals surface area contributed by atoms with Gasteiger partial charge in [-0.1, -0.05) is 12.1 Å². The first kappa shape index (κ1) is 28.6. The number of alkyl halides is 3. The van der Waals surface area contributed by atoms with Crippen LogP contribution in [0.3, 0.4) is 0 Å². The van der Waals surface area contributed by atoms with Gasteiger partial charge in [0, 0.05) is 35.8 Å². The molecule has 0 unspecified atom stereocenters. The molecule has 1 aromatic carbocycles. The number of aromatic nitrogens is 3. The number of carbonyl (C=O) groups excluding carboxylic acids is 1. The number of amides is 1. The first-order valence-corrected chi connectivity index (χ1v) is 12.9. The molecule has 2 aromatic heterocycles. The lowest BCUT2D eigenvalue weighted by molar-refractivity contribution is -0.137. The number of nitrogens with one attached hydrogen (secondary N) is 2. The van der Waals surface area contributed by atoms with Crippen LogP contribution in [0.2, 0.25) is 0 Å². The third-order valence-electron chi connectivity index (χ3n) is 5.38. The molecule has 11 nitrogen and oxygen atoms in total. The summed E-state index contributed by atoms with van der Waals surface area (Å²) in [6, 6.07) is 8.27. The fraction of sp³-hybridized carbons (Fsp3) is 0.304. The molecule has 38 heavy (non-hydrogen) atoms. The van der Waals surface area contributed by atoms with E-state index in [1.54, 1.807) is 13.0 Å². The zero-order chi connectivity index (χ0) is 28.1. The topological polar surface area (TPSA) is 163 Å². The molecule has 0 aliphatic heterocycles. The summed E-state index contributed by atoms with van der Waals surface area (Å²) in [6.07, 6.45) is -2.87. The maximum atomic E-state index is 13.8. The maximum Gasteiger partial charge on any atom is 0.421 e. The van der Waals surface area contributed by atoms with Crippen LogP contribution >= 0.6 is 0 Å². The summed E-state index contributed by atoms with van der Waals surface area (Å²) < 4.78 is 67.7. The number of nitrogens with two attached hydrogens (primary N) is 1. The van der Waals surface area contributed by atoms with Crippen molar-refractivity contribution in [2.24, 2.45) is 5.73 Å². The van der Waals surface area contributed by atoms with Gasteiger partial charge in [-0.05, 0) is 38.1 Å². The second-order valence-corrected chi connectivity index (χ2v) is 10.1. The summed E-state index contributed by atoms with van der Waals surface area (Å²) in [5, 5.41) is 12.4. The Morgan fingerprint density at radius 2 is 1.92 bits per heavy atom. The molecule has 1 amide bonds. The van der Waals surface area contributed by atoms with E-state index in [2.05, 4.69) is 25.0 Å². The lowest BCUT2D eigenvalue weighted by atomic mass is 10.1. The fourth-order valence-corrected chi connectivity index (χ4v) is 3.98. The van der Waals surface area contributed by atoms with E-state index >= 15 is 0 Å². The summed E-state index contributed by atoms with van der Waals surface area (Å²) in [4.78, 5) is 25.0. The standard InChI is InChI=1S/C23H26F3N7O4S/c1-3-38(36,37)32-20-16(7-5-9-28-20)11-29-21-18(23(24,25)26)12-30-22(31-21)33(14(2)13-34)17-8-4-6-15(10-17)19(27)35/h4-10,12,14,34H,3,11,13H2,1-2H3,(H2,27,35)(H,28,32)(H,29,30,31)/t14-/m0/s1. The van der Waals surface area contributed by atoms with Crippen LogP contribution in [0.5, 0.6) is 0 Å². The number of primary amides is 1. The van der Waals surface area contributed by atoms with Gasteiger partial charge in [0.1, 0.15) is 17.2 Å². The number of pyridine rings is 1. The molecular formula is C23H26F3N7O4S. The van der Waals surface area contributed by atoms with Gasteiger partial charge in [-0.2, -0.15) is 18.2 Å². The Hall–Kier alpha value is -3.98. The molecule has 0 bridgehead atoms. The summed E-state index contributed by atoms with van der Waals surface area (Å²) in [5.74, 6) is -1.76. The van der Waals surface area contributed by atoms with Gasteiger partial charge in [-0.25, -0.2) is 18.4 Å². The Morgan fingerprint density at radius 1 is 1.18 bits per heavy atom. The van der Waals surface area contributed by atoms with E-state index in [1.807, 2.05) is 0 Å². The Bertz CT molecular complexity index is 1400. The molecule has 0 aliphatic rings. The number of halogens is 3. The van der Waals surface area contributed by atoms with E-state index in [4.69, 9.17) is 5.73 Å². The maximum absolute atomic E-state index is 13.8. The average molecular weight is 554 g/mol. The zero-order valence-corrected chi connectivity index (χ0v) is 21.2. The second-order valence-electron chi connectivity index (χ2n) is 8.12. The van der Waals surface area contributed by atoms with Crippen LogP contribution in [-0.4, -0.2) is 52.8 Å². The van der Waals surface area contributed by atoms with E-state index in [1.165, 1.54) is 48.4 Å². The molecule has 0 spiro atoms. The van der Waals surface area contributed by atoms with Gasteiger partial charge < -0.3 is 21.1 Å². The molecular weight excluding hydrogens is 527 g/mol. The summed E-state index contributed by atoms with van der Waals surface area (Å²) in [5.41, 5.74) is 4.92. The van der Waals surface area contributed by atoms with Crippen molar-refractivity contribution in [3.8, 4) is 0 Å². The number of sulfonamides is 1. The summed E-state index contributed by atoms with van der Waals surface area (Å²) >= 11 is 0. The second kappa shape index (κ2) is 11.6. The van der Waals surface area contributed by atoms with Gasteiger partial charge in [0.25, 0.3) is 0 Å². The van der Waals surface area contributed by atoms with Crippen molar-refractivity contribution >= 4 is 39.2 Å². The number of rotatable bonds is 11. The highest BCUT2D eigenvalue weighted by molar-refractivity contribution is 7.92. The van der Waals surface area contributed by atoms with Crippen molar-refractivity contribution in [2.75, 3.05) is 27.3 Å². The van der Waals surface area contributed by atoms with Gasteiger partial charge >= 0.3 is 6.18 Å². The minimum absolute atomic E-state index is 0.0384. The van der Waals surface area contributed by atoms with Crippen molar-refractivity contribution < 1.29 is 31.5 Å². The van der Waals surface area contributed by atoms with Gasteiger partial charge in [0.2, 0.25) is 21.9 Å². The van der Waals surface area contributed by atoms with Gasteiger partial charge in [0.15, 0.2) is 0 Å². The van der Waals surface area contributed by atoms with Crippen molar-refractivity contribution in [1.29, 1.82) is 0 Å². The number of hydrogen-bond acceptors (Lipinski definition) is 9. The van der Waals surface area contributed by atoms with E-state index in [0.717, 1.165) is 0 Å². The van der Waals surface area contributed by atoms with Crippen LogP contribution in [0, 0.1) is 0 Å². The van der Waals surface area contributed by atoms with Crippen LogP contribution in [0.15, 0.2) is 48.8 Å². The Labute approximate surface area is 217 Å². The molecule has 0 saturated carbocycles. The predicted octanol–water partition coefficient (Wildman–Crippen LogP) is 2.88. The SMILES string of the molecule is CCS(=O)(=O)Nc1ncccc1CNc1nc(N(c2cccc(C(N)=O)c2)[C@@H](C)CO)ncc1C(F)(F)F. The third kappa shape index (κ3) is 6.86.